The Bertz CT molecular complexity index is 508. The summed E-state index contributed by atoms with van der Waals surface area (Å²) in [6.07, 6.45) is -8.85. The highest BCUT2D eigenvalue weighted by molar-refractivity contribution is 7.94. The molecule has 5 nitrogen and oxygen atoms in total. The van der Waals surface area contributed by atoms with Crippen molar-refractivity contribution in [1.82, 2.24) is 0 Å². The van der Waals surface area contributed by atoms with Crippen LogP contribution in [0.4, 0.5) is 22.0 Å². The van der Waals surface area contributed by atoms with E-state index in [1.165, 1.54) is 6.07 Å². The molecule has 0 N–H and O–H groups in total. The largest absolute Gasteiger partial charge is 0.743 e. The fourth-order valence-electron chi connectivity index (χ4n) is 0.839. The van der Waals surface area contributed by atoms with Crippen molar-refractivity contribution in [2.45, 2.75) is 22.6 Å². The van der Waals surface area contributed by atoms with Crippen molar-refractivity contribution in [2.24, 2.45) is 0 Å². The molecule has 0 saturated heterocycles. The van der Waals surface area contributed by atoms with Gasteiger partial charge in [-0.05, 0) is 12.1 Å². The summed E-state index contributed by atoms with van der Waals surface area (Å²) in [5, 5.41) is -5.99. The highest BCUT2D eigenvalue weighted by atomic mass is 32.2. The first-order valence-electron chi connectivity index (χ1n) is 4.23. The molecule has 1 atom stereocenters. The second-order valence-electron chi connectivity index (χ2n) is 3.05. The Morgan fingerprint density at radius 3 is 2.26 bits per heavy atom. The molecule has 1 aromatic rings. The van der Waals surface area contributed by atoms with E-state index in [1.807, 2.05) is 0 Å². The van der Waals surface area contributed by atoms with Crippen LogP contribution in [0.15, 0.2) is 27.9 Å². The Labute approximate surface area is 107 Å². The average Bonchev–Trinajstić information content (AvgIpc) is 2.66. The van der Waals surface area contributed by atoms with E-state index in [0.717, 1.165) is 12.3 Å². The number of halogens is 5. The summed E-state index contributed by atoms with van der Waals surface area (Å²) in [7, 11) is -6.55. The van der Waals surface area contributed by atoms with Crippen molar-refractivity contribution >= 4 is 22.2 Å². The third-order valence-electron chi connectivity index (χ3n) is 1.66. The fraction of sp³-hybridized carbons (Fsp3) is 0.429. The molecule has 0 amide bonds. The molecule has 0 aliphatic carbocycles. The lowest BCUT2D eigenvalue weighted by molar-refractivity contribution is -0.235. The van der Waals surface area contributed by atoms with Gasteiger partial charge < -0.3 is 8.97 Å². The SMILES string of the molecule is O=S(=O)([O-])C(F)(F)C(OSc1ccco1)C(F)(F)F. The molecule has 110 valence electrons. The van der Waals surface area contributed by atoms with Crippen LogP contribution in [0.25, 0.3) is 0 Å². The predicted octanol–water partition coefficient (Wildman–Crippen LogP) is 2.37. The molecular formula is C7H4F5O5S2-. The summed E-state index contributed by atoms with van der Waals surface area (Å²) in [5.74, 6) is 0. The third-order valence-corrected chi connectivity index (χ3v) is 3.22. The molecule has 0 aromatic carbocycles. The van der Waals surface area contributed by atoms with Gasteiger partial charge in [0.15, 0.2) is 15.2 Å². The molecular weight excluding hydrogens is 323 g/mol. The van der Waals surface area contributed by atoms with Gasteiger partial charge in [-0.2, -0.15) is 22.0 Å². The minimum Gasteiger partial charge on any atom is -0.743 e. The average molecular weight is 327 g/mol. The first-order chi connectivity index (χ1) is 8.46. The Kier molecular flexibility index (Phi) is 4.49. The molecule has 1 unspecified atom stereocenters. The van der Waals surface area contributed by atoms with Crippen molar-refractivity contribution in [1.29, 1.82) is 0 Å². The van der Waals surface area contributed by atoms with Crippen molar-refractivity contribution in [3.63, 3.8) is 0 Å². The number of alkyl halides is 5. The summed E-state index contributed by atoms with van der Waals surface area (Å²) in [6, 6.07) is 2.32. The zero-order valence-electron chi connectivity index (χ0n) is 8.56. The summed E-state index contributed by atoms with van der Waals surface area (Å²) >= 11 is -0.265. The van der Waals surface area contributed by atoms with E-state index in [-0.39, 0.29) is 17.1 Å². The zero-order chi connectivity index (χ0) is 14.9. The van der Waals surface area contributed by atoms with E-state index in [0.29, 0.717) is 0 Å². The summed E-state index contributed by atoms with van der Waals surface area (Å²) in [5.41, 5.74) is 0. The maximum atomic E-state index is 12.9. The summed E-state index contributed by atoms with van der Waals surface area (Å²) in [4.78, 5) is 0. The normalized spacial score (nSPS) is 15.5. The van der Waals surface area contributed by atoms with Gasteiger partial charge in [0.25, 0.3) is 0 Å². The van der Waals surface area contributed by atoms with Crippen molar-refractivity contribution in [3.05, 3.63) is 18.4 Å². The smallest absolute Gasteiger partial charge is 0.422 e. The topological polar surface area (TPSA) is 79.6 Å². The van der Waals surface area contributed by atoms with E-state index in [9.17, 15) is 34.9 Å². The van der Waals surface area contributed by atoms with Crippen molar-refractivity contribution in [2.75, 3.05) is 0 Å². The molecule has 0 radical (unpaired) electrons. The van der Waals surface area contributed by atoms with E-state index in [1.54, 1.807) is 0 Å². The lowest BCUT2D eigenvalue weighted by atomic mass is 10.4. The molecule has 0 saturated carbocycles. The van der Waals surface area contributed by atoms with Crippen LogP contribution in [0.2, 0.25) is 0 Å². The zero-order valence-corrected chi connectivity index (χ0v) is 10.2. The van der Waals surface area contributed by atoms with Crippen LogP contribution in [0.1, 0.15) is 0 Å². The number of hydrogen-bond donors (Lipinski definition) is 0. The highest BCUT2D eigenvalue weighted by Crippen LogP contribution is 2.41. The van der Waals surface area contributed by atoms with Crippen LogP contribution >= 0.6 is 12.0 Å². The number of rotatable bonds is 5. The lowest BCUT2D eigenvalue weighted by Gasteiger charge is -2.28. The quantitative estimate of drug-likeness (QED) is 0.469. The Balaban J connectivity index is 2.97. The highest BCUT2D eigenvalue weighted by Gasteiger charge is 2.61. The third kappa shape index (κ3) is 3.81. The Morgan fingerprint density at radius 1 is 1.32 bits per heavy atom. The van der Waals surface area contributed by atoms with Crippen molar-refractivity contribution in [3.8, 4) is 0 Å². The predicted molar refractivity (Wildman–Crippen MR) is 50.1 cm³/mol. The van der Waals surface area contributed by atoms with E-state index in [4.69, 9.17) is 0 Å². The van der Waals surface area contributed by atoms with Crippen molar-refractivity contribution < 1.29 is 43.5 Å². The van der Waals surface area contributed by atoms with Crippen LogP contribution in [0.5, 0.6) is 0 Å². The first kappa shape index (κ1) is 16.2. The molecule has 1 heterocycles. The monoisotopic (exact) mass is 327 g/mol. The van der Waals surface area contributed by atoms with Gasteiger partial charge in [0.2, 0.25) is 6.10 Å². The first-order valence-corrected chi connectivity index (χ1v) is 6.38. The van der Waals surface area contributed by atoms with Gasteiger partial charge in [0.1, 0.15) is 0 Å². The van der Waals surface area contributed by atoms with Crippen LogP contribution < -0.4 is 0 Å². The van der Waals surface area contributed by atoms with Crippen LogP contribution in [-0.4, -0.2) is 30.5 Å². The molecule has 0 fully saturated rings. The van der Waals surface area contributed by atoms with E-state index < -0.39 is 27.7 Å². The Hall–Kier alpha value is -0.850. The van der Waals surface area contributed by atoms with E-state index in [2.05, 4.69) is 8.60 Å². The minimum atomic E-state index is -6.55. The van der Waals surface area contributed by atoms with Crippen LogP contribution in [0.3, 0.4) is 0 Å². The molecule has 12 heteroatoms. The molecule has 1 rings (SSSR count). The molecule has 0 aliphatic rings. The van der Waals surface area contributed by atoms with E-state index >= 15 is 0 Å². The van der Waals surface area contributed by atoms with Gasteiger partial charge in [-0.1, -0.05) is 0 Å². The van der Waals surface area contributed by atoms with Gasteiger partial charge in [-0.15, -0.1) is 0 Å². The van der Waals surface area contributed by atoms with Gasteiger partial charge in [0, 0.05) is 0 Å². The van der Waals surface area contributed by atoms with Crippen LogP contribution in [0, 0.1) is 0 Å². The van der Waals surface area contributed by atoms with Gasteiger partial charge in [-0.3, -0.25) is 4.18 Å². The second-order valence-corrected chi connectivity index (χ2v) is 5.26. The van der Waals surface area contributed by atoms with Gasteiger partial charge in [0.05, 0.1) is 18.3 Å². The second kappa shape index (κ2) is 5.26. The molecule has 19 heavy (non-hydrogen) atoms. The maximum absolute atomic E-state index is 12.9. The molecule has 0 aliphatic heterocycles. The number of hydrogen-bond acceptors (Lipinski definition) is 6. The molecule has 0 spiro atoms. The minimum absolute atomic E-state index is 0.265. The van der Waals surface area contributed by atoms with Gasteiger partial charge in [-0.25, -0.2) is 8.42 Å². The summed E-state index contributed by atoms with van der Waals surface area (Å²) < 4.78 is 102. The standard InChI is InChI=1S/C7H5F5O5S2/c8-6(9,10)5(7(11,12)19(13,14)15)17-18-4-2-1-3-16-4/h1-3,5H,(H,13,14,15)/p-1. The maximum Gasteiger partial charge on any atom is 0.422 e. The van der Waals surface area contributed by atoms with Crippen LogP contribution in [-0.2, 0) is 14.3 Å². The summed E-state index contributed by atoms with van der Waals surface area (Å²) in [6.45, 7) is 0. The number of furan rings is 1. The lowest BCUT2D eigenvalue weighted by Crippen LogP contribution is -2.50. The Morgan fingerprint density at radius 2 is 1.89 bits per heavy atom. The molecule has 0 bridgehead atoms. The van der Waals surface area contributed by atoms with Gasteiger partial charge >= 0.3 is 11.4 Å². The fourth-order valence-corrected chi connectivity index (χ4v) is 1.99. The molecule has 1 aromatic heterocycles.